The third kappa shape index (κ3) is 4.87. The quantitative estimate of drug-likeness (QED) is 0.115. The number of unbranched alkanes of at least 4 members (excludes halogenated alkanes) is 1. The van der Waals surface area contributed by atoms with Crippen LogP contribution in [0, 0.1) is 0 Å². The Labute approximate surface area is 263 Å². The summed E-state index contributed by atoms with van der Waals surface area (Å²) in [6, 6.07) is 3.35. The number of carbonyl (C=O) groups excluding carboxylic acids is 3. The Hall–Kier alpha value is -4.58. The molecule has 12 nitrogen and oxygen atoms in total. The van der Waals surface area contributed by atoms with Gasteiger partial charge in [0.2, 0.25) is 6.79 Å². The first-order valence-electron chi connectivity index (χ1n) is 14.5. The summed E-state index contributed by atoms with van der Waals surface area (Å²) >= 11 is 5.62. The van der Waals surface area contributed by atoms with Crippen LogP contribution in [-0.4, -0.2) is 39.4 Å². The van der Waals surface area contributed by atoms with E-state index in [1.54, 1.807) is 37.5 Å². The van der Waals surface area contributed by atoms with Gasteiger partial charge in [-0.1, -0.05) is 19.9 Å². The molecule has 6 rings (SSSR count). The van der Waals surface area contributed by atoms with E-state index in [2.05, 4.69) is 18.8 Å². The van der Waals surface area contributed by atoms with Crippen LogP contribution in [0.5, 0.6) is 11.5 Å². The highest BCUT2D eigenvalue weighted by Crippen LogP contribution is 2.49. The van der Waals surface area contributed by atoms with Gasteiger partial charge < -0.3 is 28.3 Å². The molecule has 3 aliphatic heterocycles. The molecule has 3 aliphatic rings. The van der Waals surface area contributed by atoms with Gasteiger partial charge in [-0.05, 0) is 57.7 Å². The van der Waals surface area contributed by atoms with Crippen molar-refractivity contribution in [3.63, 3.8) is 0 Å². The number of nitrogens with zero attached hydrogens (tertiary/aromatic N) is 2. The molecule has 0 radical (unpaired) electrons. The summed E-state index contributed by atoms with van der Waals surface area (Å²) in [5.74, 6) is -0.151. The number of pyridine rings is 2. The highest BCUT2D eigenvalue weighted by molar-refractivity contribution is 6.61. The van der Waals surface area contributed by atoms with Crippen LogP contribution in [0.3, 0.4) is 0 Å². The van der Waals surface area contributed by atoms with Crippen LogP contribution in [0.2, 0.25) is 0 Å². The second-order valence-electron chi connectivity index (χ2n) is 12.2. The van der Waals surface area contributed by atoms with Crippen LogP contribution in [-0.2, 0) is 44.2 Å². The number of benzene rings is 1. The maximum absolute atomic E-state index is 14.0. The predicted molar refractivity (Wildman–Crippen MR) is 164 cm³/mol. The number of aryl methyl sites for hydroxylation is 1. The van der Waals surface area contributed by atoms with E-state index in [0.717, 1.165) is 24.0 Å². The molecular formula is C32H32ClN3O9. The van der Waals surface area contributed by atoms with Gasteiger partial charge in [-0.25, -0.2) is 19.4 Å². The number of amides is 1. The fourth-order valence-electron chi connectivity index (χ4n) is 6.15. The van der Waals surface area contributed by atoms with Crippen LogP contribution < -0.4 is 20.3 Å². The molecule has 3 aromatic rings. The topological polar surface area (TPSA) is 144 Å². The minimum Gasteiger partial charge on any atom is -0.457 e. The van der Waals surface area contributed by atoms with Gasteiger partial charge in [-0.15, -0.1) is 0 Å². The Morgan fingerprint density at radius 1 is 1.18 bits per heavy atom. The number of fused-ring (bicyclic) bond motifs is 6. The highest BCUT2D eigenvalue weighted by Gasteiger charge is 2.52. The van der Waals surface area contributed by atoms with Crippen molar-refractivity contribution in [1.29, 1.82) is 0 Å². The molecule has 5 heterocycles. The zero-order chi connectivity index (χ0) is 32.4. The van der Waals surface area contributed by atoms with Crippen molar-refractivity contribution in [1.82, 2.24) is 9.55 Å². The lowest BCUT2D eigenvalue weighted by atomic mass is 9.83. The first-order chi connectivity index (χ1) is 21.3. The molecule has 0 saturated heterocycles. The summed E-state index contributed by atoms with van der Waals surface area (Å²) in [6.07, 6.45) is 1.62. The number of anilines is 1. The van der Waals surface area contributed by atoms with Crippen molar-refractivity contribution in [3.8, 4) is 22.9 Å². The summed E-state index contributed by atoms with van der Waals surface area (Å²) in [5, 5.41) is 3.52. The number of esters is 1. The van der Waals surface area contributed by atoms with E-state index in [-0.39, 0.29) is 36.6 Å². The molecule has 0 bridgehead atoms. The molecule has 0 fully saturated rings. The summed E-state index contributed by atoms with van der Waals surface area (Å²) in [7, 11) is 0. The number of nitrogens with one attached hydrogen (secondary N) is 1. The lowest BCUT2D eigenvalue weighted by Gasteiger charge is -2.36. The first kappa shape index (κ1) is 30.4. The number of aromatic nitrogens is 2. The number of hydrogen-bond acceptors (Lipinski definition) is 10. The van der Waals surface area contributed by atoms with Crippen molar-refractivity contribution in [2.45, 2.75) is 78.2 Å². The van der Waals surface area contributed by atoms with Crippen LogP contribution in [0.15, 0.2) is 29.1 Å². The SMILES string of the molecule is C=C(C)[C@]1(OC(=O)Cl)C(=O)OCc2c1cc1n(c2=O)Cc2c-1nc1cc3c(c(NC(=O)OC(C)(C)C)c1c2CCCC)OCO3. The van der Waals surface area contributed by atoms with E-state index in [1.165, 1.54) is 6.92 Å². The van der Waals surface area contributed by atoms with Crippen LogP contribution in [0.1, 0.15) is 69.7 Å². The van der Waals surface area contributed by atoms with E-state index in [0.29, 0.717) is 45.9 Å². The van der Waals surface area contributed by atoms with Crippen molar-refractivity contribution >= 4 is 45.7 Å². The molecule has 2 aromatic heterocycles. The average Bonchev–Trinajstić information content (AvgIpc) is 3.56. The van der Waals surface area contributed by atoms with E-state index >= 15 is 0 Å². The molecule has 0 spiro atoms. The van der Waals surface area contributed by atoms with Gasteiger partial charge in [0, 0.05) is 34.2 Å². The van der Waals surface area contributed by atoms with E-state index in [1.807, 2.05) is 0 Å². The fraction of sp³-hybridized carbons (Fsp3) is 0.406. The zero-order valence-electron chi connectivity index (χ0n) is 25.6. The third-order valence-corrected chi connectivity index (χ3v) is 8.12. The monoisotopic (exact) mass is 637 g/mol. The normalized spacial score (nSPS) is 17.7. The van der Waals surface area contributed by atoms with Crippen molar-refractivity contribution in [2.75, 3.05) is 12.1 Å². The average molecular weight is 638 g/mol. The minimum absolute atomic E-state index is 0.0403. The molecule has 1 amide bonds. The predicted octanol–water partition coefficient (Wildman–Crippen LogP) is 6.05. The Kier molecular flexibility index (Phi) is 7.30. The first-order valence-corrected chi connectivity index (χ1v) is 14.9. The van der Waals surface area contributed by atoms with Gasteiger partial charge in [-0.2, -0.15) is 0 Å². The molecule has 1 N–H and O–H groups in total. The molecule has 236 valence electrons. The third-order valence-electron chi connectivity index (χ3n) is 8.04. The number of carbonyl (C=O) groups is 3. The molecule has 1 atom stereocenters. The lowest BCUT2D eigenvalue weighted by molar-refractivity contribution is -0.166. The smallest absolute Gasteiger partial charge is 0.412 e. The van der Waals surface area contributed by atoms with Gasteiger partial charge in [-0.3, -0.25) is 10.1 Å². The number of cyclic esters (lactones) is 1. The Morgan fingerprint density at radius 3 is 2.60 bits per heavy atom. The zero-order valence-corrected chi connectivity index (χ0v) is 26.3. The number of halogens is 1. The summed E-state index contributed by atoms with van der Waals surface area (Å²) in [6.45, 7) is 12.5. The van der Waals surface area contributed by atoms with Crippen LogP contribution >= 0.6 is 11.6 Å². The maximum atomic E-state index is 14.0. The largest absolute Gasteiger partial charge is 0.457 e. The summed E-state index contributed by atoms with van der Waals surface area (Å²) < 4.78 is 29.3. The second-order valence-corrected chi connectivity index (χ2v) is 12.5. The molecule has 0 aliphatic carbocycles. The van der Waals surface area contributed by atoms with Crippen molar-refractivity contribution < 1.29 is 38.1 Å². The second kappa shape index (κ2) is 10.8. The van der Waals surface area contributed by atoms with Gasteiger partial charge in [0.1, 0.15) is 17.9 Å². The van der Waals surface area contributed by atoms with E-state index in [9.17, 15) is 19.2 Å². The lowest BCUT2D eigenvalue weighted by Crippen LogP contribution is -2.48. The molecular weight excluding hydrogens is 606 g/mol. The summed E-state index contributed by atoms with van der Waals surface area (Å²) in [4.78, 5) is 57.2. The van der Waals surface area contributed by atoms with Crippen LogP contribution in [0.25, 0.3) is 22.3 Å². The molecule has 45 heavy (non-hydrogen) atoms. The summed E-state index contributed by atoms with van der Waals surface area (Å²) in [5.41, 5.74) is -0.750. The number of rotatable bonds is 6. The van der Waals surface area contributed by atoms with Gasteiger partial charge in [0.15, 0.2) is 11.5 Å². The van der Waals surface area contributed by atoms with Gasteiger partial charge in [0.05, 0.1) is 29.0 Å². The van der Waals surface area contributed by atoms with Crippen LogP contribution in [0.4, 0.5) is 15.3 Å². The molecule has 0 saturated carbocycles. The van der Waals surface area contributed by atoms with E-state index in [4.69, 9.17) is 40.3 Å². The number of ether oxygens (including phenoxy) is 5. The van der Waals surface area contributed by atoms with Gasteiger partial charge >= 0.3 is 17.5 Å². The maximum Gasteiger partial charge on any atom is 0.412 e. The molecule has 0 unspecified atom stereocenters. The standard InChI is InChI=1S/C32H32ClN3O9/c1-7-8-9-16-17-12-36-21(10-19-18(27(36)37)13-41-28(38)32(19,15(2)3)44-29(33)39)24(17)34-20-11-22-26(43-14-42-22)25(23(16)20)35-30(40)45-31(4,5)6/h10-11H,2,7-9,12-14H2,1,3-6H3,(H,35,40)/t32-/m1/s1. The Balaban J connectivity index is 1.62. The van der Waals surface area contributed by atoms with Crippen molar-refractivity contribution in [3.05, 3.63) is 56.9 Å². The molecule has 1 aromatic carbocycles. The Bertz CT molecular complexity index is 1890. The molecule has 13 heteroatoms. The number of hydrogen-bond donors (Lipinski definition) is 1. The minimum atomic E-state index is -2.11. The fourth-order valence-corrected chi connectivity index (χ4v) is 6.27. The van der Waals surface area contributed by atoms with Gasteiger partial charge in [0.25, 0.3) is 11.2 Å². The highest BCUT2D eigenvalue weighted by atomic mass is 35.5. The van der Waals surface area contributed by atoms with E-state index < -0.39 is 34.3 Å². The Morgan fingerprint density at radius 2 is 1.93 bits per heavy atom. The van der Waals surface area contributed by atoms with Crippen molar-refractivity contribution in [2.24, 2.45) is 0 Å².